The Morgan fingerprint density at radius 1 is 0.796 bits per heavy atom. The molecule has 266 valence electrons. The van der Waals surface area contributed by atoms with E-state index in [1.54, 1.807) is 37.3 Å². The molecule has 3 rings (SSSR count). The second-order valence-electron chi connectivity index (χ2n) is 13.6. The molecule has 10 nitrogen and oxygen atoms in total. The van der Waals surface area contributed by atoms with Crippen molar-refractivity contribution < 1.29 is 27.9 Å². The van der Waals surface area contributed by atoms with Gasteiger partial charge in [0.1, 0.15) is 6.04 Å². The first kappa shape index (κ1) is 39.2. The van der Waals surface area contributed by atoms with Crippen LogP contribution < -0.4 is 20.3 Å². The van der Waals surface area contributed by atoms with E-state index in [-0.39, 0.29) is 41.4 Å². The molecule has 3 aromatic rings. The Balaban J connectivity index is 1.65. The molecule has 49 heavy (non-hydrogen) atoms. The number of nitrogens with zero attached hydrogens (tertiary/aromatic N) is 1. The van der Waals surface area contributed by atoms with Crippen molar-refractivity contribution in [2.75, 3.05) is 11.4 Å². The lowest BCUT2D eigenvalue weighted by molar-refractivity contribution is -0.132. The molecule has 4 N–H and O–H groups in total. The Kier molecular flexibility index (Phi) is 14.4. The van der Waals surface area contributed by atoms with Gasteiger partial charge in [0.05, 0.1) is 23.6 Å². The third kappa shape index (κ3) is 12.0. The van der Waals surface area contributed by atoms with Crippen molar-refractivity contribution in [3.05, 3.63) is 101 Å². The van der Waals surface area contributed by atoms with E-state index in [4.69, 9.17) is 0 Å². The molecular weight excluding hydrogens is 641 g/mol. The zero-order valence-electron chi connectivity index (χ0n) is 29.6. The topological polar surface area (TPSA) is 145 Å². The first-order chi connectivity index (χ1) is 23.1. The molecule has 0 radical (unpaired) electrons. The van der Waals surface area contributed by atoms with Crippen LogP contribution in [0, 0.1) is 24.7 Å². The maximum Gasteiger partial charge on any atom is 0.251 e. The maximum absolute atomic E-state index is 13.5. The highest BCUT2D eigenvalue weighted by Gasteiger charge is 2.30. The van der Waals surface area contributed by atoms with Gasteiger partial charge in [0.15, 0.2) is 0 Å². The molecule has 0 bridgehead atoms. The minimum Gasteiger partial charge on any atom is -0.391 e. The van der Waals surface area contributed by atoms with E-state index in [2.05, 4.69) is 16.0 Å². The largest absolute Gasteiger partial charge is 0.391 e. The van der Waals surface area contributed by atoms with Gasteiger partial charge in [-0.05, 0) is 60.9 Å². The first-order valence-electron chi connectivity index (χ1n) is 16.8. The quantitative estimate of drug-likeness (QED) is 0.158. The van der Waals surface area contributed by atoms with Crippen LogP contribution in [0.3, 0.4) is 0 Å². The van der Waals surface area contributed by atoms with Gasteiger partial charge in [-0.3, -0.25) is 18.7 Å². The van der Waals surface area contributed by atoms with Crippen molar-refractivity contribution in [2.45, 2.75) is 84.9 Å². The highest BCUT2D eigenvalue weighted by atomic mass is 32.2. The summed E-state index contributed by atoms with van der Waals surface area (Å²) in [6.07, 6.45) is -0.556. The third-order valence-electron chi connectivity index (χ3n) is 8.46. The van der Waals surface area contributed by atoms with Gasteiger partial charge in [-0.2, -0.15) is 0 Å². The van der Waals surface area contributed by atoms with Crippen LogP contribution in [0.4, 0.5) is 5.69 Å². The molecule has 0 aliphatic heterocycles. The van der Waals surface area contributed by atoms with Crippen LogP contribution in [-0.2, 0) is 31.9 Å². The number of anilines is 1. The van der Waals surface area contributed by atoms with Crippen LogP contribution >= 0.6 is 0 Å². The van der Waals surface area contributed by atoms with Crippen LogP contribution in [0.5, 0.6) is 0 Å². The highest BCUT2D eigenvalue weighted by molar-refractivity contribution is 7.92. The predicted molar refractivity (Wildman–Crippen MR) is 194 cm³/mol. The summed E-state index contributed by atoms with van der Waals surface area (Å²) in [7, 11) is -2.28. The smallest absolute Gasteiger partial charge is 0.251 e. The summed E-state index contributed by atoms with van der Waals surface area (Å²) in [6.45, 7) is 11.6. The number of amides is 3. The number of benzene rings is 3. The minimum absolute atomic E-state index is 0.0555. The maximum atomic E-state index is 13.5. The number of carbonyl (C=O) groups excluding carboxylic acids is 3. The van der Waals surface area contributed by atoms with Gasteiger partial charge in [-0.15, -0.1) is 0 Å². The summed E-state index contributed by atoms with van der Waals surface area (Å²) >= 11 is 0. The molecule has 0 unspecified atom stereocenters. The molecule has 3 aromatic carbocycles. The van der Waals surface area contributed by atoms with Crippen molar-refractivity contribution in [1.82, 2.24) is 16.0 Å². The van der Waals surface area contributed by atoms with E-state index in [0.29, 0.717) is 24.2 Å². The van der Waals surface area contributed by atoms with Gasteiger partial charge in [-0.25, -0.2) is 8.42 Å². The Labute approximate surface area is 291 Å². The lowest BCUT2D eigenvalue weighted by atomic mass is 9.91. The average Bonchev–Trinajstić information content (AvgIpc) is 3.06. The number of rotatable bonds is 17. The van der Waals surface area contributed by atoms with Crippen molar-refractivity contribution >= 4 is 33.4 Å². The highest BCUT2D eigenvalue weighted by Crippen LogP contribution is 2.22. The molecule has 0 fully saturated rings. The summed E-state index contributed by atoms with van der Waals surface area (Å²) in [5.74, 6) is -2.02. The molecular formula is C38H52N4O6S. The predicted octanol–water partition coefficient (Wildman–Crippen LogP) is 4.95. The number of hydrogen-bond donors (Lipinski definition) is 4. The van der Waals surface area contributed by atoms with E-state index >= 15 is 0 Å². The van der Waals surface area contributed by atoms with Gasteiger partial charge < -0.3 is 21.1 Å². The summed E-state index contributed by atoms with van der Waals surface area (Å²) < 4.78 is 27.5. The number of hydrogen-bond acceptors (Lipinski definition) is 6. The van der Waals surface area contributed by atoms with Gasteiger partial charge in [0.25, 0.3) is 5.91 Å². The average molecular weight is 693 g/mol. The number of aryl methyl sites for hydroxylation is 1. The van der Waals surface area contributed by atoms with Gasteiger partial charge in [0, 0.05) is 25.1 Å². The first-order valence-corrected chi connectivity index (χ1v) is 18.4. The molecule has 11 heteroatoms. The Bertz CT molecular complexity index is 1640. The lowest BCUT2D eigenvalue weighted by Crippen LogP contribution is -2.51. The standard InChI is InChI=1S/C38H52N4O6S/c1-25(2)20-33(34(43)21-28(6)36(44)41-35(26(3)4)38(46)39-23-29-12-9-8-10-13-29)40-37(45)31-14-11-15-32(22-31)42(7)49(47,48)24-30-18-16-27(5)17-19-30/h8-19,22,25-26,28,33-35,43H,20-21,23-24H2,1-7H3,(H,39,46)(H,40,45)(H,41,44)/t28-,33+,34+,35+/m1/s1. The third-order valence-corrected chi connectivity index (χ3v) is 10.2. The normalized spacial score (nSPS) is 14.1. The summed E-state index contributed by atoms with van der Waals surface area (Å²) in [5.41, 5.74) is 3.21. The fraction of sp³-hybridized carbons (Fsp3) is 0.447. The van der Waals surface area contributed by atoms with Crippen LogP contribution in [0.2, 0.25) is 0 Å². The monoisotopic (exact) mass is 692 g/mol. The van der Waals surface area contributed by atoms with Crippen molar-refractivity contribution in [1.29, 1.82) is 0 Å². The fourth-order valence-electron chi connectivity index (χ4n) is 5.43. The van der Waals surface area contributed by atoms with Crippen LogP contribution in [-0.4, -0.2) is 56.5 Å². The second-order valence-corrected chi connectivity index (χ2v) is 15.6. The summed E-state index contributed by atoms with van der Waals surface area (Å²) in [4.78, 5) is 39.7. The lowest BCUT2D eigenvalue weighted by Gasteiger charge is -2.29. The van der Waals surface area contributed by atoms with E-state index in [1.807, 2.05) is 77.1 Å². The van der Waals surface area contributed by atoms with E-state index in [9.17, 15) is 27.9 Å². The SMILES string of the molecule is Cc1ccc(CS(=O)(=O)N(C)c2cccc(C(=O)N[C@@H](CC(C)C)[C@@H](O)C[C@@H](C)C(=O)N[C@H](C(=O)NCc3ccccc3)C(C)C)c2)cc1. The number of aliphatic hydroxyl groups is 1. The zero-order valence-corrected chi connectivity index (χ0v) is 30.5. The number of aliphatic hydroxyl groups excluding tert-OH is 1. The molecule has 4 atom stereocenters. The number of nitrogens with one attached hydrogen (secondary N) is 3. The molecule has 0 saturated carbocycles. The van der Waals surface area contributed by atoms with Crippen LogP contribution in [0.15, 0.2) is 78.9 Å². The van der Waals surface area contributed by atoms with Gasteiger partial charge >= 0.3 is 0 Å². The van der Waals surface area contributed by atoms with E-state index in [1.165, 1.54) is 13.1 Å². The van der Waals surface area contributed by atoms with Crippen LogP contribution in [0.1, 0.15) is 74.5 Å². The Morgan fingerprint density at radius 2 is 1.45 bits per heavy atom. The van der Waals surface area contributed by atoms with Crippen molar-refractivity contribution in [2.24, 2.45) is 17.8 Å². The summed E-state index contributed by atoms with van der Waals surface area (Å²) in [5, 5.41) is 19.9. The number of sulfonamides is 1. The minimum atomic E-state index is -3.73. The molecule has 0 aliphatic rings. The molecule has 0 aliphatic carbocycles. The zero-order chi connectivity index (χ0) is 36.3. The van der Waals surface area contributed by atoms with Crippen molar-refractivity contribution in [3.8, 4) is 0 Å². The Morgan fingerprint density at radius 3 is 2.06 bits per heavy atom. The van der Waals surface area contributed by atoms with E-state index < -0.39 is 40.0 Å². The summed E-state index contributed by atoms with van der Waals surface area (Å²) in [6, 6.07) is 21.7. The second kappa shape index (κ2) is 18.0. The van der Waals surface area contributed by atoms with Gasteiger partial charge in [0.2, 0.25) is 21.8 Å². The fourth-order valence-corrected chi connectivity index (χ4v) is 6.67. The van der Waals surface area contributed by atoms with Crippen molar-refractivity contribution in [3.63, 3.8) is 0 Å². The van der Waals surface area contributed by atoms with Gasteiger partial charge in [-0.1, -0.05) is 101 Å². The molecule has 3 amide bonds. The Hall–Kier alpha value is -4.22. The molecule has 0 saturated heterocycles. The molecule has 0 heterocycles. The number of carbonyl (C=O) groups is 3. The molecule has 0 spiro atoms. The molecule has 0 aromatic heterocycles. The van der Waals surface area contributed by atoms with E-state index in [0.717, 1.165) is 15.4 Å². The van der Waals surface area contributed by atoms with Crippen LogP contribution in [0.25, 0.3) is 0 Å².